The minimum Gasteiger partial charge on any atom is -0.352 e. The highest BCUT2D eigenvalue weighted by atomic mass is 16.2. The van der Waals surface area contributed by atoms with Crippen LogP contribution in [-0.2, 0) is 13.1 Å². The Morgan fingerprint density at radius 2 is 1.57 bits per heavy atom. The lowest BCUT2D eigenvalue weighted by atomic mass is 10.1. The first kappa shape index (κ1) is 22.9. The second kappa shape index (κ2) is 11.6. The summed E-state index contributed by atoms with van der Waals surface area (Å²) in [7, 11) is 5.18. The molecule has 160 valence electrons. The zero-order valence-electron chi connectivity index (χ0n) is 18.2. The van der Waals surface area contributed by atoms with E-state index in [9.17, 15) is 9.59 Å². The summed E-state index contributed by atoms with van der Waals surface area (Å²) in [6.07, 6.45) is 0.906. The maximum Gasteiger partial charge on any atom is 0.253 e. The van der Waals surface area contributed by atoms with Crippen LogP contribution in [0.3, 0.4) is 0 Å². The molecule has 2 amide bonds. The molecule has 3 N–H and O–H groups in total. The number of guanidine groups is 1. The maximum absolute atomic E-state index is 12.1. The van der Waals surface area contributed by atoms with Gasteiger partial charge in [0.2, 0.25) is 0 Å². The fourth-order valence-electron chi connectivity index (χ4n) is 2.78. The molecule has 0 saturated heterocycles. The van der Waals surface area contributed by atoms with Crippen molar-refractivity contribution in [2.45, 2.75) is 26.4 Å². The Balaban J connectivity index is 1.88. The number of nitrogens with one attached hydrogen (secondary N) is 3. The maximum atomic E-state index is 12.1. The average Bonchev–Trinajstić information content (AvgIpc) is 2.77. The lowest BCUT2D eigenvalue weighted by molar-refractivity contribution is 0.0827. The third-order valence-electron chi connectivity index (χ3n) is 4.48. The number of hydrogen-bond donors (Lipinski definition) is 3. The fraction of sp³-hybridized carbons (Fsp3) is 0.348. The third-order valence-corrected chi connectivity index (χ3v) is 4.48. The molecule has 0 fully saturated rings. The SMILES string of the molecule is CCCNC(=O)c1cccc(CNC(=NC)NCc2ccc(C(=O)N(C)C)cc2)c1. The number of carbonyl (C=O) groups excluding carboxylic acids is 2. The van der Waals surface area contributed by atoms with Crippen LogP contribution in [0.4, 0.5) is 0 Å². The molecule has 0 saturated carbocycles. The van der Waals surface area contributed by atoms with Crippen LogP contribution in [0.25, 0.3) is 0 Å². The standard InChI is InChI=1S/C23H31N5O2/c1-5-13-25-21(29)20-8-6-7-18(14-20)16-27-23(24-2)26-15-17-9-11-19(12-10-17)22(30)28(3)4/h6-12,14H,5,13,15-16H2,1-4H3,(H,25,29)(H2,24,26,27). The van der Waals surface area contributed by atoms with Crippen molar-refractivity contribution >= 4 is 17.8 Å². The summed E-state index contributed by atoms with van der Waals surface area (Å²) in [6, 6.07) is 15.0. The lowest BCUT2D eigenvalue weighted by Crippen LogP contribution is -2.36. The second-order valence-corrected chi connectivity index (χ2v) is 7.13. The third kappa shape index (κ3) is 6.92. The van der Waals surface area contributed by atoms with Crippen molar-refractivity contribution in [1.29, 1.82) is 0 Å². The van der Waals surface area contributed by atoms with Crippen molar-refractivity contribution in [2.24, 2.45) is 4.99 Å². The number of nitrogens with zero attached hydrogens (tertiary/aromatic N) is 2. The minimum absolute atomic E-state index is 0.0161. The van der Waals surface area contributed by atoms with Crippen LogP contribution in [0.15, 0.2) is 53.5 Å². The van der Waals surface area contributed by atoms with Crippen LogP contribution in [-0.4, -0.2) is 50.4 Å². The fourth-order valence-corrected chi connectivity index (χ4v) is 2.78. The quantitative estimate of drug-likeness (QED) is 0.462. The molecule has 7 nitrogen and oxygen atoms in total. The van der Waals surface area contributed by atoms with Gasteiger partial charge in [0.25, 0.3) is 11.8 Å². The van der Waals surface area contributed by atoms with Gasteiger partial charge in [-0.3, -0.25) is 14.6 Å². The zero-order chi connectivity index (χ0) is 21.9. The van der Waals surface area contributed by atoms with E-state index in [1.807, 2.05) is 55.5 Å². The van der Waals surface area contributed by atoms with E-state index in [1.54, 1.807) is 26.0 Å². The molecule has 0 unspecified atom stereocenters. The molecule has 0 spiro atoms. The van der Waals surface area contributed by atoms with Crippen molar-refractivity contribution in [1.82, 2.24) is 20.9 Å². The van der Waals surface area contributed by atoms with Gasteiger partial charge < -0.3 is 20.9 Å². The van der Waals surface area contributed by atoms with Crippen molar-refractivity contribution in [3.63, 3.8) is 0 Å². The van der Waals surface area contributed by atoms with Gasteiger partial charge in [-0.2, -0.15) is 0 Å². The monoisotopic (exact) mass is 409 g/mol. The predicted octanol–water partition coefficient (Wildman–Crippen LogP) is 2.39. The van der Waals surface area contributed by atoms with E-state index in [1.165, 1.54) is 0 Å². The largest absolute Gasteiger partial charge is 0.352 e. The van der Waals surface area contributed by atoms with Crippen LogP contribution in [0.2, 0.25) is 0 Å². The number of rotatable bonds is 8. The molecule has 0 aromatic heterocycles. The molecular formula is C23H31N5O2. The van der Waals surface area contributed by atoms with Crippen molar-refractivity contribution in [3.8, 4) is 0 Å². The first-order valence-corrected chi connectivity index (χ1v) is 10.1. The van der Waals surface area contributed by atoms with Crippen LogP contribution in [0.1, 0.15) is 45.2 Å². The van der Waals surface area contributed by atoms with E-state index < -0.39 is 0 Å². The molecule has 2 aromatic rings. The molecule has 0 bridgehead atoms. The summed E-state index contributed by atoms with van der Waals surface area (Å²) < 4.78 is 0. The molecule has 30 heavy (non-hydrogen) atoms. The summed E-state index contributed by atoms with van der Waals surface area (Å²) in [6.45, 7) is 3.82. The van der Waals surface area contributed by atoms with Gasteiger partial charge in [0.1, 0.15) is 0 Å². The summed E-state index contributed by atoms with van der Waals surface area (Å²) in [5.41, 5.74) is 3.35. The van der Waals surface area contributed by atoms with E-state index in [0.717, 1.165) is 17.5 Å². The van der Waals surface area contributed by atoms with Gasteiger partial charge in [-0.25, -0.2) is 0 Å². The predicted molar refractivity (Wildman–Crippen MR) is 121 cm³/mol. The first-order chi connectivity index (χ1) is 14.4. The van der Waals surface area contributed by atoms with Crippen molar-refractivity contribution in [2.75, 3.05) is 27.7 Å². The summed E-state index contributed by atoms with van der Waals surface area (Å²) >= 11 is 0. The number of benzene rings is 2. The molecule has 7 heteroatoms. The Morgan fingerprint density at radius 3 is 2.17 bits per heavy atom. The number of carbonyl (C=O) groups is 2. The van der Waals surface area contributed by atoms with E-state index in [2.05, 4.69) is 20.9 Å². The Labute approximate surface area is 178 Å². The van der Waals surface area contributed by atoms with Crippen LogP contribution in [0, 0.1) is 0 Å². The topological polar surface area (TPSA) is 85.8 Å². The molecular weight excluding hydrogens is 378 g/mol. The highest BCUT2D eigenvalue weighted by molar-refractivity contribution is 5.94. The minimum atomic E-state index is -0.0580. The van der Waals surface area contributed by atoms with E-state index >= 15 is 0 Å². The van der Waals surface area contributed by atoms with E-state index in [0.29, 0.717) is 36.7 Å². The molecule has 2 rings (SSSR count). The Kier molecular flexibility index (Phi) is 8.87. The van der Waals surface area contributed by atoms with Gasteiger partial charge in [-0.05, 0) is 41.8 Å². The summed E-state index contributed by atoms with van der Waals surface area (Å²) in [4.78, 5) is 29.9. The highest BCUT2D eigenvalue weighted by Crippen LogP contribution is 2.07. The smallest absolute Gasteiger partial charge is 0.253 e. The Hall–Kier alpha value is -3.35. The second-order valence-electron chi connectivity index (χ2n) is 7.13. The van der Waals surface area contributed by atoms with Gasteiger partial charge in [-0.1, -0.05) is 31.2 Å². The van der Waals surface area contributed by atoms with Gasteiger partial charge in [-0.15, -0.1) is 0 Å². The van der Waals surface area contributed by atoms with Gasteiger partial charge in [0.15, 0.2) is 5.96 Å². The number of aliphatic imine (C=N–C) groups is 1. The van der Waals surface area contributed by atoms with Crippen LogP contribution < -0.4 is 16.0 Å². The molecule has 0 heterocycles. The molecule has 0 aliphatic heterocycles. The molecule has 0 radical (unpaired) electrons. The molecule has 0 atom stereocenters. The highest BCUT2D eigenvalue weighted by Gasteiger charge is 2.08. The Morgan fingerprint density at radius 1 is 0.900 bits per heavy atom. The molecule has 0 aliphatic rings. The number of hydrogen-bond acceptors (Lipinski definition) is 3. The average molecular weight is 410 g/mol. The lowest BCUT2D eigenvalue weighted by Gasteiger charge is -2.13. The van der Waals surface area contributed by atoms with Gasteiger partial charge >= 0.3 is 0 Å². The molecule has 0 aliphatic carbocycles. The number of amides is 2. The van der Waals surface area contributed by atoms with Crippen LogP contribution in [0.5, 0.6) is 0 Å². The first-order valence-electron chi connectivity index (χ1n) is 10.1. The van der Waals surface area contributed by atoms with Crippen LogP contribution >= 0.6 is 0 Å². The molecule has 2 aromatic carbocycles. The zero-order valence-corrected chi connectivity index (χ0v) is 18.2. The van der Waals surface area contributed by atoms with Crippen molar-refractivity contribution in [3.05, 3.63) is 70.8 Å². The Bertz CT molecular complexity index is 875. The summed E-state index contributed by atoms with van der Waals surface area (Å²) in [5, 5.41) is 9.40. The van der Waals surface area contributed by atoms with Gasteiger partial charge in [0.05, 0.1) is 0 Å². The van der Waals surface area contributed by atoms with Gasteiger partial charge in [0, 0.05) is 51.9 Å². The normalized spacial score (nSPS) is 11.0. The van der Waals surface area contributed by atoms with E-state index in [-0.39, 0.29) is 11.8 Å². The van der Waals surface area contributed by atoms with Crippen molar-refractivity contribution < 1.29 is 9.59 Å². The van der Waals surface area contributed by atoms with E-state index in [4.69, 9.17) is 0 Å². The summed E-state index contributed by atoms with van der Waals surface area (Å²) in [5.74, 6) is 0.583.